The third-order valence-electron chi connectivity index (χ3n) is 7.31. The Bertz CT molecular complexity index is 1750. The van der Waals surface area contributed by atoms with Crippen molar-refractivity contribution in [2.75, 3.05) is 13.1 Å². The Labute approximate surface area is 218 Å². The van der Waals surface area contributed by atoms with Gasteiger partial charge in [-0.3, -0.25) is 20.0 Å². The zero-order valence-corrected chi connectivity index (χ0v) is 20.8. The van der Waals surface area contributed by atoms with Crippen molar-refractivity contribution in [2.24, 2.45) is 0 Å². The van der Waals surface area contributed by atoms with Crippen molar-refractivity contribution in [3.63, 3.8) is 0 Å². The van der Waals surface area contributed by atoms with Crippen LogP contribution in [-0.2, 0) is 6.54 Å². The normalized spacial score (nSPS) is 14.4. The highest BCUT2D eigenvalue weighted by atomic mass is 19.1. The summed E-state index contributed by atoms with van der Waals surface area (Å²) in [6.07, 6.45) is 11.3. The van der Waals surface area contributed by atoms with Gasteiger partial charge in [0.1, 0.15) is 17.0 Å². The maximum atomic E-state index is 13.5. The van der Waals surface area contributed by atoms with Gasteiger partial charge in [0.05, 0.1) is 28.6 Å². The van der Waals surface area contributed by atoms with Gasteiger partial charge in [-0.1, -0.05) is 18.6 Å². The Morgan fingerprint density at radius 1 is 0.816 bits per heavy atom. The van der Waals surface area contributed by atoms with E-state index in [9.17, 15) is 4.39 Å². The number of nitrogens with one attached hydrogen (secondary N) is 2. The van der Waals surface area contributed by atoms with Gasteiger partial charge in [-0.15, -0.1) is 0 Å². The SMILES string of the molecule is Fc1ccc(-c2cncc3[nH]c(-c4n[nH]c5ccc(-c6cncc(CN7CCCCC7)c6)nc45)cc23)cc1. The molecule has 5 aromatic heterocycles. The Balaban J connectivity index is 1.25. The number of hydrogen-bond acceptors (Lipinski definition) is 5. The first-order chi connectivity index (χ1) is 18.7. The van der Waals surface area contributed by atoms with Gasteiger partial charge < -0.3 is 4.98 Å². The van der Waals surface area contributed by atoms with Gasteiger partial charge >= 0.3 is 0 Å². The summed E-state index contributed by atoms with van der Waals surface area (Å²) >= 11 is 0. The lowest BCUT2D eigenvalue weighted by molar-refractivity contribution is 0.220. The van der Waals surface area contributed by atoms with E-state index in [1.54, 1.807) is 24.5 Å². The number of likely N-dealkylation sites (tertiary alicyclic amines) is 1. The minimum absolute atomic E-state index is 0.263. The average molecular weight is 504 g/mol. The third kappa shape index (κ3) is 4.22. The fraction of sp³-hybridized carbons (Fsp3) is 0.200. The summed E-state index contributed by atoms with van der Waals surface area (Å²) in [5.41, 5.74) is 8.98. The zero-order valence-electron chi connectivity index (χ0n) is 20.8. The van der Waals surface area contributed by atoms with Crippen LogP contribution < -0.4 is 0 Å². The van der Waals surface area contributed by atoms with Crippen molar-refractivity contribution in [1.29, 1.82) is 0 Å². The van der Waals surface area contributed by atoms with Gasteiger partial charge in [-0.2, -0.15) is 5.10 Å². The number of benzene rings is 1. The van der Waals surface area contributed by atoms with E-state index in [1.807, 2.05) is 24.5 Å². The Morgan fingerprint density at radius 2 is 1.66 bits per heavy atom. The smallest absolute Gasteiger partial charge is 0.135 e. The summed E-state index contributed by atoms with van der Waals surface area (Å²) in [6.45, 7) is 3.21. The average Bonchev–Trinajstić information content (AvgIpc) is 3.58. The number of aromatic amines is 2. The highest BCUT2D eigenvalue weighted by Gasteiger charge is 2.16. The molecule has 1 aliphatic rings. The number of halogens is 1. The molecule has 0 saturated carbocycles. The van der Waals surface area contributed by atoms with Crippen LogP contribution in [0.1, 0.15) is 24.8 Å². The molecule has 6 aromatic rings. The van der Waals surface area contributed by atoms with Gasteiger partial charge in [0.25, 0.3) is 0 Å². The van der Waals surface area contributed by atoms with Crippen molar-refractivity contribution < 1.29 is 4.39 Å². The van der Waals surface area contributed by atoms with Gasteiger partial charge in [-0.25, -0.2) is 9.37 Å². The Kier molecular flexibility index (Phi) is 5.66. The van der Waals surface area contributed by atoms with Crippen LogP contribution in [0.15, 0.2) is 73.3 Å². The maximum absolute atomic E-state index is 13.5. The first-order valence-corrected chi connectivity index (χ1v) is 13.0. The van der Waals surface area contributed by atoms with Crippen LogP contribution >= 0.6 is 0 Å². The maximum Gasteiger partial charge on any atom is 0.135 e. The van der Waals surface area contributed by atoms with Crippen LogP contribution in [0.3, 0.4) is 0 Å². The third-order valence-corrected chi connectivity index (χ3v) is 7.31. The monoisotopic (exact) mass is 503 g/mol. The molecule has 0 aliphatic carbocycles. The minimum atomic E-state index is -0.263. The summed E-state index contributed by atoms with van der Waals surface area (Å²) in [7, 11) is 0. The van der Waals surface area contributed by atoms with Crippen molar-refractivity contribution in [3.05, 3.63) is 84.7 Å². The molecule has 38 heavy (non-hydrogen) atoms. The lowest BCUT2D eigenvalue weighted by atomic mass is 10.0. The van der Waals surface area contributed by atoms with E-state index < -0.39 is 0 Å². The topological polar surface area (TPSA) is 86.4 Å². The quantitative estimate of drug-likeness (QED) is 0.286. The molecule has 1 aliphatic heterocycles. The molecule has 1 aromatic carbocycles. The molecule has 0 unspecified atom stereocenters. The molecule has 0 radical (unpaired) electrons. The minimum Gasteiger partial charge on any atom is -0.352 e. The van der Waals surface area contributed by atoms with Crippen molar-refractivity contribution in [3.8, 4) is 33.8 Å². The van der Waals surface area contributed by atoms with Crippen LogP contribution in [0.25, 0.3) is 55.7 Å². The number of nitrogens with zero attached hydrogens (tertiary/aromatic N) is 5. The van der Waals surface area contributed by atoms with Crippen molar-refractivity contribution in [2.45, 2.75) is 25.8 Å². The first-order valence-electron chi connectivity index (χ1n) is 13.0. The second-order valence-electron chi connectivity index (χ2n) is 9.92. The summed E-state index contributed by atoms with van der Waals surface area (Å²) in [5.74, 6) is -0.263. The fourth-order valence-electron chi connectivity index (χ4n) is 5.38. The largest absolute Gasteiger partial charge is 0.352 e. The molecule has 6 heterocycles. The molecule has 1 fully saturated rings. The van der Waals surface area contributed by atoms with Gasteiger partial charge in [-0.05, 0) is 73.5 Å². The standard InChI is InChI=1S/C30H26FN7/c31-22-6-4-20(5-7-22)24-16-33-17-28-23(24)13-27(34-28)30-29-26(36-37-30)9-8-25(35-29)21-12-19(14-32-15-21)18-38-10-2-1-3-11-38/h4-9,12-17,34H,1-3,10-11,18H2,(H,36,37). The first kappa shape index (κ1) is 22.7. The van der Waals surface area contributed by atoms with E-state index in [2.05, 4.69) is 42.2 Å². The summed E-state index contributed by atoms with van der Waals surface area (Å²) in [5, 5.41) is 8.70. The molecule has 0 bridgehead atoms. The second kappa shape index (κ2) is 9.46. The molecular formula is C30H26FN7. The predicted octanol–water partition coefficient (Wildman–Crippen LogP) is 6.36. The van der Waals surface area contributed by atoms with E-state index in [0.717, 1.165) is 75.3 Å². The van der Waals surface area contributed by atoms with E-state index in [-0.39, 0.29) is 5.82 Å². The fourth-order valence-corrected chi connectivity index (χ4v) is 5.38. The summed E-state index contributed by atoms with van der Waals surface area (Å²) in [6, 6.07) is 14.7. The summed E-state index contributed by atoms with van der Waals surface area (Å²) in [4.78, 5) is 19.9. The molecule has 0 atom stereocenters. The number of rotatable bonds is 5. The summed E-state index contributed by atoms with van der Waals surface area (Å²) < 4.78 is 13.5. The Morgan fingerprint density at radius 3 is 2.53 bits per heavy atom. The van der Waals surface area contributed by atoms with Gasteiger partial charge in [0.2, 0.25) is 0 Å². The molecule has 1 saturated heterocycles. The van der Waals surface area contributed by atoms with Crippen LogP contribution in [0.4, 0.5) is 4.39 Å². The van der Waals surface area contributed by atoms with Crippen LogP contribution in [0, 0.1) is 5.82 Å². The van der Waals surface area contributed by atoms with Gasteiger partial charge in [0, 0.05) is 41.6 Å². The molecule has 2 N–H and O–H groups in total. The molecule has 7 nitrogen and oxygen atoms in total. The number of hydrogen-bond donors (Lipinski definition) is 2. The number of pyridine rings is 3. The second-order valence-corrected chi connectivity index (χ2v) is 9.92. The van der Waals surface area contributed by atoms with E-state index >= 15 is 0 Å². The van der Waals surface area contributed by atoms with Crippen LogP contribution in [0.5, 0.6) is 0 Å². The lowest BCUT2D eigenvalue weighted by Gasteiger charge is -2.26. The molecular weight excluding hydrogens is 477 g/mol. The van der Waals surface area contributed by atoms with Crippen molar-refractivity contribution in [1.82, 2.24) is 35.0 Å². The molecule has 7 rings (SSSR count). The number of piperidine rings is 1. The molecule has 188 valence electrons. The van der Waals surface area contributed by atoms with Crippen molar-refractivity contribution >= 4 is 21.9 Å². The van der Waals surface area contributed by atoms with E-state index in [0.29, 0.717) is 0 Å². The van der Waals surface area contributed by atoms with Crippen LogP contribution in [0.2, 0.25) is 0 Å². The van der Waals surface area contributed by atoms with Gasteiger partial charge in [0.15, 0.2) is 0 Å². The molecule has 0 amide bonds. The Hall–Kier alpha value is -4.43. The van der Waals surface area contributed by atoms with Crippen LogP contribution in [-0.4, -0.2) is 48.1 Å². The number of aromatic nitrogens is 6. The number of fused-ring (bicyclic) bond motifs is 2. The zero-order chi connectivity index (χ0) is 25.5. The predicted molar refractivity (Wildman–Crippen MR) is 147 cm³/mol. The highest BCUT2D eigenvalue weighted by molar-refractivity contribution is 6.00. The molecule has 8 heteroatoms. The van der Waals surface area contributed by atoms with E-state index in [1.165, 1.54) is 37.0 Å². The molecule has 0 spiro atoms. The number of H-pyrrole nitrogens is 2. The lowest BCUT2D eigenvalue weighted by Crippen LogP contribution is -2.29. The van der Waals surface area contributed by atoms with E-state index in [4.69, 9.17) is 4.98 Å². The highest BCUT2D eigenvalue weighted by Crippen LogP contribution is 2.33.